The fourth-order valence-corrected chi connectivity index (χ4v) is 1.07. The third kappa shape index (κ3) is 3.56. The van der Waals surface area contributed by atoms with Gasteiger partial charge in [0.25, 0.3) is 0 Å². The molecule has 0 aliphatic carbocycles. The Bertz CT molecular complexity index is 411. The average Bonchev–Trinajstić information content (AvgIpc) is 2.14. The Labute approximate surface area is 82.3 Å². The molecule has 6 heteroatoms. The Morgan fingerprint density at radius 3 is 2.29 bits per heavy atom. The molecule has 0 heterocycles. The van der Waals surface area contributed by atoms with Gasteiger partial charge in [-0.3, -0.25) is 4.55 Å². The first kappa shape index (κ1) is 10.7. The van der Waals surface area contributed by atoms with Crippen molar-refractivity contribution < 1.29 is 13.0 Å². The van der Waals surface area contributed by atoms with E-state index in [4.69, 9.17) is 4.55 Å². The van der Waals surface area contributed by atoms with Gasteiger partial charge < -0.3 is 5.43 Å². The molecule has 5 nitrogen and oxygen atoms in total. The van der Waals surface area contributed by atoms with Crippen molar-refractivity contribution in [3.05, 3.63) is 36.4 Å². The summed E-state index contributed by atoms with van der Waals surface area (Å²) in [5.74, 6) is 0. The Balaban J connectivity index is 2.65. The van der Waals surface area contributed by atoms with Gasteiger partial charge in [0.05, 0.1) is 0 Å². The molecular weight excluding hydrogens is 204 g/mol. The number of hydrogen-bond donors (Lipinski definition) is 3. The molecule has 0 fully saturated rings. The molecule has 1 rings (SSSR count). The molecule has 14 heavy (non-hydrogen) atoms. The molecule has 1 aromatic rings. The van der Waals surface area contributed by atoms with Crippen molar-refractivity contribution in [1.82, 2.24) is 4.83 Å². The molecule has 0 aliphatic rings. The number of hydrazine groups is 1. The van der Waals surface area contributed by atoms with Crippen LogP contribution < -0.4 is 10.3 Å². The van der Waals surface area contributed by atoms with Crippen LogP contribution in [-0.4, -0.2) is 13.0 Å². The Hall–Kier alpha value is -1.37. The van der Waals surface area contributed by atoms with Crippen LogP contribution in [0, 0.1) is 0 Å². The van der Waals surface area contributed by atoms with Gasteiger partial charge in [-0.25, -0.2) is 0 Å². The fraction of sp³-hybridized carbons (Fsp3) is 0. The summed E-state index contributed by atoms with van der Waals surface area (Å²) in [7, 11) is -4.22. The lowest BCUT2D eigenvalue weighted by atomic mass is 10.2. The summed E-state index contributed by atoms with van der Waals surface area (Å²) in [6, 6.07) is 6.80. The lowest BCUT2D eigenvalue weighted by Crippen LogP contribution is -2.28. The van der Waals surface area contributed by atoms with Crippen LogP contribution >= 0.6 is 0 Å². The third-order valence-corrected chi connectivity index (χ3v) is 1.83. The Morgan fingerprint density at radius 1 is 1.29 bits per heavy atom. The summed E-state index contributed by atoms with van der Waals surface area (Å²) in [5.41, 5.74) is 3.75. The molecule has 1 aromatic carbocycles. The number of rotatable bonds is 4. The zero-order chi connectivity index (χ0) is 10.6. The van der Waals surface area contributed by atoms with E-state index in [1.54, 1.807) is 35.2 Å². The van der Waals surface area contributed by atoms with Crippen LogP contribution in [-0.2, 0) is 10.3 Å². The second-order valence-electron chi connectivity index (χ2n) is 2.53. The van der Waals surface area contributed by atoms with E-state index in [9.17, 15) is 8.42 Å². The number of hydrogen-bond acceptors (Lipinski definition) is 3. The maximum atomic E-state index is 10.3. The van der Waals surface area contributed by atoms with Gasteiger partial charge in [0.15, 0.2) is 0 Å². The molecule has 0 aliphatic heterocycles. The van der Waals surface area contributed by atoms with Crippen LogP contribution in [0.1, 0.15) is 5.56 Å². The number of benzene rings is 1. The van der Waals surface area contributed by atoms with Crippen LogP contribution in [0.15, 0.2) is 30.8 Å². The molecule has 0 amide bonds. The summed E-state index contributed by atoms with van der Waals surface area (Å²) < 4.78 is 28.9. The zero-order valence-corrected chi connectivity index (χ0v) is 8.08. The van der Waals surface area contributed by atoms with Crippen molar-refractivity contribution in [2.24, 2.45) is 0 Å². The SMILES string of the molecule is C=Cc1ccc(NNS(=O)(=O)O)cc1. The minimum Gasteiger partial charge on any atom is -0.306 e. The van der Waals surface area contributed by atoms with Crippen molar-refractivity contribution >= 4 is 22.1 Å². The lowest BCUT2D eigenvalue weighted by Gasteiger charge is -2.04. The minimum atomic E-state index is -4.22. The van der Waals surface area contributed by atoms with Crippen LogP contribution in [0.4, 0.5) is 5.69 Å². The van der Waals surface area contributed by atoms with E-state index >= 15 is 0 Å². The molecule has 0 unspecified atom stereocenters. The third-order valence-electron chi connectivity index (χ3n) is 1.47. The van der Waals surface area contributed by atoms with Crippen molar-refractivity contribution in [1.29, 1.82) is 0 Å². The van der Waals surface area contributed by atoms with E-state index in [2.05, 4.69) is 12.0 Å². The van der Waals surface area contributed by atoms with Gasteiger partial charge in [-0.2, -0.15) is 8.42 Å². The summed E-state index contributed by atoms with van der Waals surface area (Å²) in [6.45, 7) is 3.57. The maximum Gasteiger partial charge on any atom is 0.350 e. The predicted octanol–water partition coefficient (Wildman–Crippen LogP) is 1.05. The number of anilines is 1. The monoisotopic (exact) mass is 214 g/mol. The summed E-state index contributed by atoms with van der Waals surface area (Å²) in [6.07, 6.45) is 1.67. The molecule has 0 bridgehead atoms. The summed E-state index contributed by atoms with van der Waals surface area (Å²) in [4.78, 5) is 1.73. The van der Waals surface area contributed by atoms with E-state index in [1.165, 1.54) is 0 Å². The van der Waals surface area contributed by atoms with Gasteiger partial charge >= 0.3 is 10.3 Å². The van der Waals surface area contributed by atoms with Gasteiger partial charge in [0.2, 0.25) is 0 Å². The highest BCUT2D eigenvalue weighted by Crippen LogP contribution is 2.08. The van der Waals surface area contributed by atoms with Crippen LogP contribution in [0.2, 0.25) is 0 Å². The minimum absolute atomic E-state index is 0.522. The highest BCUT2D eigenvalue weighted by Gasteiger charge is 2.00. The Kier molecular flexibility index (Phi) is 3.23. The van der Waals surface area contributed by atoms with E-state index in [-0.39, 0.29) is 0 Å². The predicted molar refractivity (Wildman–Crippen MR) is 54.8 cm³/mol. The van der Waals surface area contributed by atoms with E-state index in [0.29, 0.717) is 5.69 Å². The van der Waals surface area contributed by atoms with Crippen molar-refractivity contribution in [3.8, 4) is 0 Å². The van der Waals surface area contributed by atoms with Crippen molar-refractivity contribution in [2.45, 2.75) is 0 Å². The first-order valence-corrected chi connectivity index (χ1v) is 5.18. The van der Waals surface area contributed by atoms with Gasteiger partial charge in [0, 0.05) is 5.69 Å². The average molecular weight is 214 g/mol. The molecule has 3 N–H and O–H groups in total. The van der Waals surface area contributed by atoms with Gasteiger partial charge in [0.1, 0.15) is 0 Å². The maximum absolute atomic E-state index is 10.3. The molecule has 0 radical (unpaired) electrons. The van der Waals surface area contributed by atoms with Crippen molar-refractivity contribution in [2.75, 3.05) is 5.43 Å². The standard InChI is InChI=1S/C8H10N2O3S/c1-2-7-3-5-8(6-4-7)9-10-14(11,12)13/h2-6,9-10H,1H2,(H,11,12,13). The molecule has 0 spiro atoms. The molecule has 0 atom stereocenters. The van der Waals surface area contributed by atoms with E-state index in [0.717, 1.165) is 5.56 Å². The quantitative estimate of drug-likeness (QED) is 0.517. The van der Waals surface area contributed by atoms with Gasteiger partial charge in [-0.15, -0.1) is 4.83 Å². The van der Waals surface area contributed by atoms with E-state index in [1.807, 2.05) is 0 Å². The van der Waals surface area contributed by atoms with Crippen molar-refractivity contribution in [3.63, 3.8) is 0 Å². The second-order valence-corrected chi connectivity index (χ2v) is 3.68. The van der Waals surface area contributed by atoms with Gasteiger partial charge in [-0.1, -0.05) is 24.8 Å². The molecule has 0 saturated carbocycles. The normalized spacial score (nSPS) is 10.9. The molecule has 0 saturated heterocycles. The molecule has 76 valence electrons. The van der Waals surface area contributed by atoms with Crippen LogP contribution in [0.3, 0.4) is 0 Å². The topological polar surface area (TPSA) is 78.4 Å². The Morgan fingerprint density at radius 2 is 1.86 bits per heavy atom. The van der Waals surface area contributed by atoms with Crippen LogP contribution in [0.25, 0.3) is 6.08 Å². The van der Waals surface area contributed by atoms with E-state index < -0.39 is 10.3 Å². The second kappa shape index (κ2) is 4.23. The lowest BCUT2D eigenvalue weighted by molar-refractivity contribution is 0.473. The van der Waals surface area contributed by atoms with Crippen LogP contribution in [0.5, 0.6) is 0 Å². The summed E-state index contributed by atoms with van der Waals surface area (Å²) in [5, 5.41) is 0. The highest BCUT2D eigenvalue weighted by atomic mass is 32.2. The first-order valence-electron chi connectivity index (χ1n) is 3.74. The molecular formula is C8H10N2O3S. The smallest absolute Gasteiger partial charge is 0.306 e. The molecule has 0 aromatic heterocycles. The highest BCUT2D eigenvalue weighted by molar-refractivity contribution is 7.83. The van der Waals surface area contributed by atoms with Gasteiger partial charge in [-0.05, 0) is 17.7 Å². The zero-order valence-electron chi connectivity index (χ0n) is 7.27. The number of nitrogens with one attached hydrogen (secondary N) is 2. The first-order chi connectivity index (χ1) is 6.51. The summed E-state index contributed by atoms with van der Waals surface area (Å²) >= 11 is 0. The fourth-order valence-electron chi connectivity index (χ4n) is 0.826. The largest absolute Gasteiger partial charge is 0.350 e.